The molecule has 6 nitrogen and oxygen atoms in total. The number of hydrogen-bond donors (Lipinski definition) is 1. The fourth-order valence-corrected chi connectivity index (χ4v) is 1.65. The molecule has 0 saturated heterocycles. The summed E-state index contributed by atoms with van der Waals surface area (Å²) in [6, 6.07) is 0.321. The Balaban J connectivity index is 2.19. The fourth-order valence-electron chi connectivity index (χ4n) is 1.65. The largest absolute Gasteiger partial charge is 0.478 e. The monoisotopic (exact) mass is 234 g/mol. The van der Waals surface area contributed by atoms with E-state index in [2.05, 4.69) is 23.9 Å². The van der Waals surface area contributed by atoms with E-state index in [0.29, 0.717) is 12.6 Å². The van der Waals surface area contributed by atoms with Crippen molar-refractivity contribution in [2.24, 2.45) is 0 Å². The summed E-state index contributed by atoms with van der Waals surface area (Å²) in [6.45, 7) is 4.65. The van der Waals surface area contributed by atoms with Crippen molar-refractivity contribution in [2.45, 2.75) is 26.4 Å². The number of carboxylic acid groups (broad SMARTS) is 1. The van der Waals surface area contributed by atoms with Crippen molar-refractivity contribution in [3.8, 4) is 0 Å². The highest BCUT2D eigenvalue weighted by Crippen LogP contribution is 2.10. The van der Waals surface area contributed by atoms with Crippen molar-refractivity contribution in [1.29, 1.82) is 0 Å². The average Bonchev–Trinajstić information content (AvgIpc) is 2.86. The number of imidazole rings is 1. The first-order valence-electron chi connectivity index (χ1n) is 5.34. The van der Waals surface area contributed by atoms with Crippen LogP contribution in [0.25, 0.3) is 0 Å². The van der Waals surface area contributed by atoms with Gasteiger partial charge in [0.1, 0.15) is 0 Å². The topological polar surface area (TPSA) is 72.9 Å². The van der Waals surface area contributed by atoms with Gasteiger partial charge in [-0.25, -0.2) is 9.78 Å². The molecule has 0 aliphatic carbocycles. The third kappa shape index (κ3) is 2.35. The van der Waals surface area contributed by atoms with Gasteiger partial charge in [-0.3, -0.25) is 4.68 Å². The lowest BCUT2D eigenvalue weighted by molar-refractivity contribution is 0.0697. The summed E-state index contributed by atoms with van der Waals surface area (Å²) in [5.41, 5.74) is 1.20. The van der Waals surface area contributed by atoms with Crippen LogP contribution in [0.5, 0.6) is 0 Å². The summed E-state index contributed by atoms with van der Waals surface area (Å²) in [7, 11) is 0. The quantitative estimate of drug-likeness (QED) is 0.868. The number of rotatable bonds is 4. The molecule has 0 amide bonds. The van der Waals surface area contributed by atoms with Crippen LogP contribution in [0.2, 0.25) is 0 Å². The van der Waals surface area contributed by atoms with Crippen LogP contribution >= 0.6 is 0 Å². The Labute approximate surface area is 98.5 Å². The predicted octanol–water partition coefficient (Wildman–Crippen LogP) is 1.41. The zero-order valence-electron chi connectivity index (χ0n) is 9.74. The van der Waals surface area contributed by atoms with Gasteiger partial charge in [0.05, 0.1) is 36.5 Å². The molecule has 0 bridgehead atoms. The molecule has 0 fully saturated rings. The SMILES string of the molecule is CC(C)n1cncc1Cn1cc(C(=O)O)cn1. The van der Waals surface area contributed by atoms with Crippen LogP contribution in [0.3, 0.4) is 0 Å². The van der Waals surface area contributed by atoms with Gasteiger partial charge in [-0.2, -0.15) is 5.10 Å². The fraction of sp³-hybridized carbons (Fsp3) is 0.364. The minimum atomic E-state index is -0.964. The Kier molecular flexibility index (Phi) is 2.95. The van der Waals surface area contributed by atoms with Crippen molar-refractivity contribution >= 4 is 5.97 Å². The average molecular weight is 234 g/mol. The van der Waals surface area contributed by atoms with Gasteiger partial charge in [0.25, 0.3) is 0 Å². The van der Waals surface area contributed by atoms with E-state index >= 15 is 0 Å². The summed E-state index contributed by atoms with van der Waals surface area (Å²) in [4.78, 5) is 14.8. The maximum Gasteiger partial charge on any atom is 0.338 e. The summed E-state index contributed by atoms with van der Waals surface area (Å²) in [5.74, 6) is -0.964. The number of aromatic carboxylic acids is 1. The van der Waals surface area contributed by atoms with E-state index in [1.54, 1.807) is 17.2 Å². The van der Waals surface area contributed by atoms with Crippen LogP contribution in [0.4, 0.5) is 0 Å². The lowest BCUT2D eigenvalue weighted by Crippen LogP contribution is -2.09. The molecule has 0 unspecified atom stereocenters. The minimum absolute atomic E-state index is 0.195. The van der Waals surface area contributed by atoms with Crippen LogP contribution in [0.15, 0.2) is 24.9 Å². The lowest BCUT2D eigenvalue weighted by atomic mass is 10.3. The van der Waals surface area contributed by atoms with Gasteiger partial charge >= 0.3 is 5.97 Å². The van der Waals surface area contributed by atoms with Gasteiger partial charge < -0.3 is 9.67 Å². The lowest BCUT2D eigenvalue weighted by Gasteiger charge is -2.11. The summed E-state index contributed by atoms with van der Waals surface area (Å²) in [6.07, 6.45) is 6.39. The van der Waals surface area contributed by atoms with Gasteiger partial charge in [-0.05, 0) is 13.8 Å². The highest BCUT2D eigenvalue weighted by Gasteiger charge is 2.09. The minimum Gasteiger partial charge on any atom is -0.478 e. The molecule has 1 N–H and O–H groups in total. The second kappa shape index (κ2) is 4.40. The van der Waals surface area contributed by atoms with Gasteiger partial charge in [-0.15, -0.1) is 0 Å². The Morgan fingerprint density at radius 2 is 2.24 bits per heavy atom. The maximum atomic E-state index is 10.7. The molecule has 2 heterocycles. The Morgan fingerprint density at radius 1 is 1.47 bits per heavy atom. The molecule has 2 rings (SSSR count). The van der Waals surface area contributed by atoms with E-state index in [1.807, 2.05) is 4.57 Å². The molecule has 0 spiro atoms. The normalized spacial score (nSPS) is 11.0. The second-order valence-corrected chi connectivity index (χ2v) is 4.12. The number of hydrogen-bond acceptors (Lipinski definition) is 3. The van der Waals surface area contributed by atoms with Gasteiger partial charge in [0.15, 0.2) is 0 Å². The zero-order chi connectivity index (χ0) is 12.4. The van der Waals surface area contributed by atoms with Crippen LogP contribution in [0, 0.1) is 0 Å². The summed E-state index contributed by atoms with van der Waals surface area (Å²) < 4.78 is 3.63. The first-order valence-corrected chi connectivity index (χ1v) is 5.34. The predicted molar refractivity (Wildman–Crippen MR) is 60.9 cm³/mol. The first kappa shape index (κ1) is 11.4. The Bertz CT molecular complexity index is 527. The first-order chi connectivity index (χ1) is 8.08. The summed E-state index contributed by atoms with van der Waals surface area (Å²) >= 11 is 0. The Hall–Kier alpha value is -2.11. The Morgan fingerprint density at radius 3 is 2.82 bits per heavy atom. The molecule has 2 aromatic heterocycles. The summed E-state index contributed by atoms with van der Waals surface area (Å²) in [5, 5.41) is 12.8. The molecule has 0 aliphatic heterocycles. The van der Waals surface area contributed by atoms with E-state index in [4.69, 9.17) is 5.11 Å². The molecular weight excluding hydrogens is 220 g/mol. The van der Waals surface area contributed by atoms with Gasteiger partial charge in [0.2, 0.25) is 0 Å². The highest BCUT2D eigenvalue weighted by molar-refractivity contribution is 5.86. The maximum absolute atomic E-state index is 10.7. The molecule has 0 radical (unpaired) electrons. The van der Waals surface area contributed by atoms with E-state index < -0.39 is 5.97 Å². The van der Waals surface area contributed by atoms with Crippen LogP contribution < -0.4 is 0 Å². The highest BCUT2D eigenvalue weighted by atomic mass is 16.4. The molecule has 0 aliphatic rings. The molecule has 6 heteroatoms. The molecule has 0 saturated carbocycles. The van der Waals surface area contributed by atoms with Crippen molar-refractivity contribution < 1.29 is 9.90 Å². The van der Waals surface area contributed by atoms with Crippen molar-refractivity contribution in [3.63, 3.8) is 0 Å². The van der Waals surface area contributed by atoms with E-state index in [9.17, 15) is 4.79 Å². The van der Waals surface area contributed by atoms with Crippen molar-refractivity contribution in [1.82, 2.24) is 19.3 Å². The third-order valence-electron chi connectivity index (χ3n) is 2.51. The van der Waals surface area contributed by atoms with E-state index in [-0.39, 0.29) is 5.56 Å². The van der Waals surface area contributed by atoms with E-state index in [1.165, 1.54) is 12.4 Å². The number of carbonyl (C=O) groups is 1. The number of aromatic nitrogens is 4. The number of nitrogens with zero attached hydrogens (tertiary/aromatic N) is 4. The van der Waals surface area contributed by atoms with Gasteiger partial charge in [-0.1, -0.05) is 0 Å². The molecule has 17 heavy (non-hydrogen) atoms. The third-order valence-corrected chi connectivity index (χ3v) is 2.51. The molecule has 0 atom stereocenters. The van der Waals surface area contributed by atoms with Crippen LogP contribution in [0.1, 0.15) is 35.9 Å². The van der Waals surface area contributed by atoms with Crippen LogP contribution in [-0.4, -0.2) is 30.4 Å². The molecule has 90 valence electrons. The zero-order valence-corrected chi connectivity index (χ0v) is 9.74. The number of carboxylic acids is 1. The molecule has 2 aromatic rings. The standard InChI is InChI=1S/C11H14N4O2/c1-8(2)15-7-12-4-10(15)6-14-5-9(3-13-14)11(16)17/h3-5,7-8H,6H2,1-2H3,(H,16,17). The smallest absolute Gasteiger partial charge is 0.338 e. The van der Waals surface area contributed by atoms with Crippen molar-refractivity contribution in [2.75, 3.05) is 0 Å². The molecule has 0 aromatic carbocycles. The van der Waals surface area contributed by atoms with E-state index in [0.717, 1.165) is 5.69 Å². The second-order valence-electron chi connectivity index (χ2n) is 4.12. The van der Waals surface area contributed by atoms with Gasteiger partial charge in [0, 0.05) is 12.2 Å². The molecular formula is C11H14N4O2. The van der Waals surface area contributed by atoms with Crippen LogP contribution in [-0.2, 0) is 6.54 Å². The van der Waals surface area contributed by atoms with Crippen molar-refractivity contribution in [3.05, 3.63) is 36.2 Å².